The Morgan fingerprint density at radius 1 is 1.00 bits per heavy atom. The molecule has 2 fully saturated rings. The Kier molecular flexibility index (Phi) is 5.28. The minimum absolute atomic E-state index is 0.0457. The molecule has 10 heteroatoms. The largest absolute Gasteiger partial charge is 0.356 e. The topological polar surface area (TPSA) is 67.2 Å². The van der Waals surface area contributed by atoms with Crippen LogP contribution < -0.4 is 9.80 Å². The maximum absolute atomic E-state index is 13.9. The Morgan fingerprint density at radius 2 is 1.78 bits per heavy atom. The molecule has 32 heavy (non-hydrogen) atoms. The van der Waals surface area contributed by atoms with E-state index in [0.29, 0.717) is 48.9 Å². The second-order valence-corrected chi connectivity index (χ2v) is 8.67. The third-order valence-electron chi connectivity index (χ3n) is 6.36. The first kappa shape index (κ1) is 20.8. The number of carbonyl (C=O) groups is 1. The van der Waals surface area contributed by atoms with E-state index in [-0.39, 0.29) is 5.91 Å². The van der Waals surface area contributed by atoms with Crippen molar-refractivity contribution in [1.29, 1.82) is 0 Å². The van der Waals surface area contributed by atoms with E-state index in [0.717, 1.165) is 30.8 Å². The minimum atomic E-state index is -0.944. The number of carbonyl (C=O) groups excluding carboxylic acids is 1. The van der Waals surface area contributed by atoms with Gasteiger partial charge in [0.05, 0.1) is 23.0 Å². The van der Waals surface area contributed by atoms with Crippen molar-refractivity contribution in [1.82, 2.24) is 19.7 Å². The molecule has 2 aliphatic rings. The number of rotatable bonds is 3. The normalized spacial score (nSPS) is 18.4. The Labute approximate surface area is 188 Å². The number of hydrogen-bond donors (Lipinski definition) is 0. The van der Waals surface area contributed by atoms with Gasteiger partial charge in [0.25, 0.3) is 0 Å². The third kappa shape index (κ3) is 3.70. The fourth-order valence-electron chi connectivity index (χ4n) is 4.79. The Morgan fingerprint density at radius 3 is 2.50 bits per heavy atom. The third-order valence-corrected chi connectivity index (χ3v) is 6.56. The van der Waals surface area contributed by atoms with E-state index >= 15 is 0 Å². The second-order valence-electron chi connectivity index (χ2n) is 8.23. The number of amides is 1. The molecule has 0 N–H and O–H groups in total. The summed E-state index contributed by atoms with van der Waals surface area (Å²) in [4.78, 5) is 25.4. The summed E-state index contributed by atoms with van der Waals surface area (Å²) in [6, 6.07) is 5.54. The van der Waals surface area contributed by atoms with Gasteiger partial charge in [-0.25, -0.2) is 23.4 Å². The molecule has 0 bridgehead atoms. The van der Waals surface area contributed by atoms with E-state index in [2.05, 4.69) is 20.0 Å². The molecule has 1 aromatic carbocycles. The molecule has 0 unspecified atom stereocenters. The van der Waals surface area contributed by atoms with Gasteiger partial charge in [0.15, 0.2) is 17.5 Å². The molecule has 166 valence electrons. The Bertz CT molecular complexity index is 1160. The lowest BCUT2D eigenvalue weighted by molar-refractivity contribution is -0.121. The van der Waals surface area contributed by atoms with Gasteiger partial charge in [0.1, 0.15) is 12.1 Å². The zero-order valence-corrected chi connectivity index (χ0v) is 18.0. The van der Waals surface area contributed by atoms with Crippen LogP contribution in [0, 0.1) is 11.6 Å². The Hall–Kier alpha value is -3.07. The quantitative estimate of drug-likeness (QED) is 0.590. The first-order valence-electron chi connectivity index (χ1n) is 10.5. The monoisotopic (exact) mass is 458 g/mol. The molecule has 2 saturated heterocycles. The molecule has 7 nitrogen and oxygen atoms in total. The summed E-state index contributed by atoms with van der Waals surface area (Å²) >= 11 is 5.96. The van der Waals surface area contributed by atoms with Crippen molar-refractivity contribution in [2.45, 2.75) is 37.6 Å². The maximum Gasteiger partial charge on any atom is 0.227 e. The van der Waals surface area contributed by atoms with Crippen LogP contribution in [0.2, 0.25) is 5.02 Å². The van der Waals surface area contributed by atoms with Crippen molar-refractivity contribution in [3.8, 4) is 5.82 Å². The van der Waals surface area contributed by atoms with Gasteiger partial charge in [-0.05, 0) is 37.8 Å². The van der Waals surface area contributed by atoms with Crippen molar-refractivity contribution in [3.63, 3.8) is 0 Å². The van der Waals surface area contributed by atoms with Gasteiger partial charge in [0, 0.05) is 37.3 Å². The highest BCUT2D eigenvalue weighted by Gasteiger charge is 2.45. The summed E-state index contributed by atoms with van der Waals surface area (Å²) in [5, 5.41) is 4.70. The van der Waals surface area contributed by atoms with E-state index in [9.17, 15) is 13.6 Å². The molecular formula is C22H21ClF2N6O. The molecule has 2 aliphatic heterocycles. The highest BCUT2D eigenvalue weighted by molar-refractivity contribution is 6.30. The molecule has 1 spiro atoms. The van der Waals surface area contributed by atoms with Crippen molar-refractivity contribution in [2.24, 2.45) is 0 Å². The summed E-state index contributed by atoms with van der Waals surface area (Å²) in [6.07, 6.45) is 8.13. The Balaban J connectivity index is 1.38. The van der Waals surface area contributed by atoms with Crippen molar-refractivity contribution < 1.29 is 13.6 Å². The van der Waals surface area contributed by atoms with Gasteiger partial charge < -0.3 is 9.80 Å². The molecule has 0 atom stereocenters. The predicted octanol–water partition coefficient (Wildman–Crippen LogP) is 4.15. The van der Waals surface area contributed by atoms with E-state index < -0.39 is 17.2 Å². The number of anilines is 2. The summed E-state index contributed by atoms with van der Waals surface area (Å²) in [5.41, 5.74) is 0.00325. The standard InChI is InChI=1S/C22H21ClF2N6O/c23-15-12-28-30(13-15)20-11-19(26-14-27-20)29-8-6-22(7-9-29)5-1-2-21(32)31(22)16-3-4-17(24)18(25)10-16/h3-4,10-14H,1-2,5-9H2. The van der Waals surface area contributed by atoms with Crippen LogP contribution in [0.4, 0.5) is 20.3 Å². The molecule has 0 radical (unpaired) electrons. The molecule has 3 aromatic rings. The lowest BCUT2D eigenvalue weighted by Crippen LogP contribution is -2.60. The maximum atomic E-state index is 13.9. The summed E-state index contributed by atoms with van der Waals surface area (Å²) in [6.45, 7) is 1.34. The van der Waals surface area contributed by atoms with Gasteiger partial charge in [-0.3, -0.25) is 4.79 Å². The number of hydrogen-bond acceptors (Lipinski definition) is 5. The fourth-order valence-corrected chi connectivity index (χ4v) is 4.92. The molecule has 4 heterocycles. The van der Waals surface area contributed by atoms with Crippen LogP contribution in [-0.4, -0.2) is 44.3 Å². The van der Waals surface area contributed by atoms with Crippen molar-refractivity contribution in [3.05, 3.63) is 59.6 Å². The van der Waals surface area contributed by atoms with E-state index in [1.165, 1.54) is 12.4 Å². The van der Waals surface area contributed by atoms with Crippen LogP contribution in [0.15, 0.2) is 43.0 Å². The van der Waals surface area contributed by atoms with Crippen LogP contribution in [-0.2, 0) is 4.79 Å². The molecule has 0 aliphatic carbocycles. The van der Waals surface area contributed by atoms with Crippen LogP contribution in [0.25, 0.3) is 5.82 Å². The van der Waals surface area contributed by atoms with Crippen LogP contribution in [0.3, 0.4) is 0 Å². The molecule has 5 rings (SSSR count). The lowest BCUT2D eigenvalue weighted by Gasteiger charge is -2.51. The van der Waals surface area contributed by atoms with Crippen LogP contribution >= 0.6 is 11.6 Å². The smallest absolute Gasteiger partial charge is 0.227 e. The van der Waals surface area contributed by atoms with Gasteiger partial charge in [-0.1, -0.05) is 11.6 Å². The van der Waals surface area contributed by atoms with Gasteiger partial charge in [-0.15, -0.1) is 0 Å². The fraction of sp³-hybridized carbons (Fsp3) is 0.364. The second kappa shape index (κ2) is 8.12. The number of halogens is 3. The molecular weight excluding hydrogens is 438 g/mol. The zero-order chi connectivity index (χ0) is 22.3. The lowest BCUT2D eigenvalue weighted by atomic mass is 9.78. The van der Waals surface area contributed by atoms with Crippen LogP contribution in [0.5, 0.6) is 0 Å². The van der Waals surface area contributed by atoms with Gasteiger partial charge in [-0.2, -0.15) is 5.10 Å². The van der Waals surface area contributed by atoms with Crippen LogP contribution in [0.1, 0.15) is 32.1 Å². The van der Waals surface area contributed by atoms with Gasteiger partial charge >= 0.3 is 0 Å². The predicted molar refractivity (Wildman–Crippen MR) is 116 cm³/mol. The first-order chi connectivity index (χ1) is 15.4. The highest BCUT2D eigenvalue weighted by Crippen LogP contribution is 2.41. The first-order valence-corrected chi connectivity index (χ1v) is 10.9. The number of benzene rings is 1. The summed E-state index contributed by atoms with van der Waals surface area (Å²) in [5.74, 6) is -0.534. The van der Waals surface area contributed by atoms with Crippen molar-refractivity contribution >= 4 is 29.0 Å². The zero-order valence-electron chi connectivity index (χ0n) is 17.2. The minimum Gasteiger partial charge on any atom is -0.356 e. The molecule has 0 saturated carbocycles. The molecule has 1 amide bonds. The number of nitrogens with zero attached hydrogens (tertiary/aromatic N) is 6. The van der Waals surface area contributed by atoms with Crippen molar-refractivity contribution in [2.75, 3.05) is 22.9 Å². The molecule has 2 aromatic heterocycles. The average molecular weight is 459 g/mol. The van der Waals surface area contributed by atoms with Gasteiger partial charge in [0.2, 0.25) is 5.91 Å². The highest BCUT2D eigenvalue weighted by atomic mass is 35.5. The van der Waals surface area contributed by atoms with E-state index in [4.69, 9.17) is 11.6 Å². The van der Waals surface area contributed by atoms with E-state index in [1.54, 1.807) is 22.0 Å². The number of piperidine rings is 2. The summed E-state index contributed by atoms with van der Waals surface area (Å²) < 4.78 is 29.0. The summed E-state index contributed by atoms with van der Waals surface area (Å²) in [7, 11) is 0. The van der Waals surface area contributed by atoms with E-state index in [1.807, 2.05) is 6.07 Å². The number of aromatic nitrogens is 4. The average Bonchev–Trinajstić information content (AvgIpc) is 3.23. The SMILES string of the molecule is O=C1CCCC2(CCN(c3cc(-n4cc(Cl)cn4)ncn3)CC2)N1c1ccc(F)c(F)c1.